The number of fused-ring (bicyclic) bond motifs is 1. The minimum Gasteiger partial charge on any atom is -0.327 e. The molecule has 3 rings (SSSR count). The second-order valence-corrected chi connectivity index (χ2v) is 5.82. The molecule has 0 bridgehead atoms. The number of rotatable bonds is 3. The lowest BCUT2D eigenvalue weighted by Gasteiger charge is -2.23. The van der Waals surface area contributed by atoms with E-state index in [9.17, 15) is 18.0 Å². The third-order valence-electron chi connectivity index (χ3n) is 3.97. The summed E-state index contributed by atoms with van der Waals surface area (Å²) in [5.41, 5.74) is -0.720. The number of carbonyl (C=O) groups excluding carboxylic acids is 1. The van der Waals surface area contributed by atoms with Crippen molar-refractivity contribution in [1.82, 2.24) is 19.5 Å². The van der Waals surface area contributed by atoms with E-state index >= 15 is 0 Å². The van der Waals surface area contributed by atoms with Gasteiger partial charge in [0.1, 0.15) is 5.69 Å². The number of aromatic nitrogens is 3. The molecule has 1 unspecified atom stereocenters. The molecule has 0 radical (unpaired) electrons. The van der Waals surface area contributed by atoms with Gasteiger partial charge in [-0.1, -0.05) is 25.5 Å². The maximum atomic E-state index is 13.2. The molecule has 24 heavy (non-hydrogen) atoms. The minimum atomic E-state index is -4.57. The highest BCUT2D eigenvalue weighted by atomic mass is 19.4. The van der Waals surface area contributed by atoms with Crippen molar-refractivity contribution in [3.63, 3.8) is 0 Å². The monoisotopic (exact) mass is 338 g/mol. The van der Waals surface area contributed by atoms with Crippen LogP contribution in [0.25, 0.3) is 5.65 Å². The quantitative estimate of drug-likeness (QED) is 0.808. The first kappa shape index (κ1) is 16.5. The number of hydrogen-bond donors (Lipinski definition) is 0. The topological polar surface area (TPSA) is 50.5 Å². The fraction of sp³-hybridized carbons (Fsp3) is 0.438. The molecule has 3 heterocycles. The van der Waals surface area contributed by atoms with E-state index in [4.69, 9.17) is 0 Å². The molecule has 128 valence electrons. The predicted molar refractivity (Wildman–Crippen MR) is 81.6 cm³/mol. The van der Waals surface area contributed by atoms with Gasteiger partial charge in [0, 0.05) is 18.3 Å². The van der Waals surface area contributed by atoms with Gasteiger partial charge < -0.3 is 4.90 Å². The first-order valence-electron chi connectivity index (χ1n) is 7.73. The molecule has 1 aliphatic rings. The fourth-order valence-electron chi connectivity index (χ4n) is 2.91. The molecule has 1 atom stereocenters. The van der Waals surface area contributed by atoms with Crippen LogP contribution in [0.1, 0.15) is 41.6 Å². The molecular weight excluding hydrogens is 321 g/mol. The summed E-state index contributed by atoms with van der Waals surface area (Å²) in [6, 6.07) is 2.20. The first-order valence-corrected chi connectivity index (χ1v) is 7.73. The van der Waals surface area contributed by atoms with Crippen molar-refractivity contribution in [1.29, 1.82) is 0 Å². The number of nitrogens with zero attached hydrogens (tertiary/aromatic N) is 4. The number of amides is 1. The Balaban J connectivity index is 2.01. The van der Waals surface area contributed by atoms with E-state index in [0.29, 0.717) is 11.1 Å². The van der Waals surface area contributed by atoms with Crippen LogP contribution >= 0.6 is 0 Å². The molecule has 1 aliphatic heterocycles. The van der Waals surface area contributed by atoms with E-state index in [1.54, 1.807) is 4.90 Å². The largest absolute Gasteiger partial charge is 0.433 e. The van der Waals surface area contributed by atoms with Crippen LogP contribution in [0.15, 0.2) is 24.3 Å². The maximum Gasteiger partial charge on any atom is 0.433 e. The van der Waals surface area contributed by atoms with E-state index < -0.39 is 11.9 Å². The lowest BCUT2D eigenvalue weighted by Crippen LogP contribution is -2.36. The molecular formula is C16H17F3N4O. The van der Waals surface area contributed by atoms with Crippen LogP contribution in [0.5, 0.6) is 0 Å². The zero-order chi connectivity index (χ0) is 17.5. The van der Waals surface area contributed by atoms with E-state index in [1.165, 1.54) is 13.0 Å². The van der Waals surface area contributed by atoms with E-state index in [-0.39, 0.29) is 29.0 Å². The summed E-state index contributed by atoms with van der Waals surface area (Å²) < 4.78 is 40.2. The van der Waals surface area contributed by atoms with Crippen molar-refractivity contribution in [3.8, 4) is 0 Å². The first-order chi connectivity index (χ1) is 11.3. The van der Waals surface area contributed by atoms with Gasteiger partial charge in [0.05, 0.1) is 6.04 Å². The molecule has 0 aromatic carbocycles. The Hall–Kier alpha value is -2.38. The normalized spacial score (nSPS) is 17.9. The van der Waals surface area contributed by atoms with Gasteiger partial charge in [-0.05, 0) is 19.4 Å². The summed E-state index contributed by atoms with van der Waals surface area (Å²) in [4.78, 5) is 18.3. The van der Waals surface area contributed by atoms with Gasteiger partial charge in [0.15, 0.2) is 11.3 Å². The number of halogens is 3. The van der Waals surface area contributed by atoms with Gasteiger partial charge in [0.2, 0.25) is 0 Å². The molecule has 0 saturated heterocycles. The van der Waals surface area contributed by atoms with Crippen LogP contribution in [0.2, 0.25) is 0 Å². The summed E-state index contributed by atoms with van der Waals surface area (Å²) in [6.45, 7) is 3.93. The number of aryl methyl sites for hydroxylation is 1. The number of alkyl halides is 3. The summed E-state index contributed by atoms with van der Waals surface area (Å²) in [5, 5.41) is 3.87. The van der Waals surface area contributed by atoms with E-state index in [0.717, 1.165) is 18.9 Å². The lowest BCUT2D eigenvalue weighted by atomic mass is 10.1. The van der Waals surface area contributed by atoms with Crippen molar-refractivity contribution in [2.75, 3.05) is 6.54 Å². The fourth-order valence-corrected chi connectivity index (χ4v) is 2.91. The Kier molecular flexibility index (Phi) is 4.06. The smallest absolute Gasteiger partial charge is 0.327 e. The molecule has 0 saturated carbocycles. The Morgan fingerprint density at radius 2 is 2.12 bits per heavy atom. The maximum absolute atomic E-state index is 13.2. The summed E-state index contributed by atoms with van der Waals surface area (Å²) in [7, 11) is 0. The van der Waals surface area contributed by atoms with Gasteiger partial charge in [-0.3, -0.25) is 4.79 Å². The molecule has 5 nitrogen and oxygen atoms in total. The van der Waals surface area contributed by atoms with Crippen molar-refractivity contribution in [3.05, 3.63) is 41.4 Å². The van der Waals surface area contributed by atoms with Gasteiger partial charge in [-0.15, -0.1) is 0 Å². The van der Waals surface area contributed by atoms with Gasteiger partial charge in [-0.2, -0.15) is 18.3 Å². The van der Waals surface area contributed by atoms with Crippen LogP contribution in [0, 0.1) is 6.92 Å². The van der Waals surface area contributed by atoms with Crippen molar-refractivity contribution in [2.24, 2.45) is 0 Å². The van der Waals surface area contributed by atoms with Crippen LogP contribution < -0.4 is 0 Å². The summed E-state index contributed by atoms with van der Waals surface area (Å²) >= 11 is 0. The Morgan fingerprint density at radius 3 is 2.79 bits per heavy atom. The molecule has 0 N–H and O–H groups in total. The molecule has 2 aromatic rings. The molecule has 2 aromatic heterocycles. The number of hydrogen-bond acceptors (Lipinski definition) is 3. The molecule has 1 amide bonds. The minimum absolute atomic E-state index is 0.0184. The van der Waals surface area contributed by atoms with E-state index in [1.807, 2.05) is 19.1 Å². The van der Waals surface area contributed by atoms with Crippen LogP contribution in [0.4, 0.5) is 13.2 Å². The van der Waals surface area contributed by atoms with Crippen molar-refractivity contribution >= 4 is 11.6 Å². The highest BCUT2D eigenvalue weighted by Gasteiger charge is 2.35. The molecule has 0 aliphatic carbocycles. The van der Waals surface area contributed by atoms with E-state index in [2.05, 4.69) is 10.1 Å². The average molecular weight is 338 g/mol. The molecule has 0 spiro atoms. The van der Waals surface area contributed by atoms with Gasteiger partial charge in [0.25, 0.3) is 5.91 Å². The highest BCUT2D eigenvalue weighted by Crippen LogP contribution is 2.30. The highest BCUT2D eigenvalue weighted by molar-refractivity contribution is 5.94. The van der Waals surface area contributed by atoms with Crippen LogP contribution in [-0.2, 0) is 6.18 Å². The Bertz CT molecular complexity index is 809. The summed E-state index contributed by atoms with van der Waals surface area (Å²) in [6.07, 6.45) is 0.972. The van der Waals surface area contributed by atoms with Crippen molar-refractivity contribution < 1.29 is 18.0 Å². The number of carbonyl (C=O) groups is 1. The van der Waals surface area contributed by atoms with Crippen molar-refractivity contribution in [2.45, 2.75) is 38.9 Å². The lowest BCUT2D eigenvalue weighted by molar-refractivity contribution is -0.142. The van der Waals surface area contributed by atoms with Gasteiger partial charge in [-0.25, -0.2) is 9.50 Å². The van der Waals surface area contributed by atoms with Gasteiger partial charge >= 0.3 is 6.18 Å². The standard InChI is InChI=1S/C16H17F3N4O/c1-3-5-11-6-4-7-22(11)15(24)12-9-14-20-10(2)8-13(16(17,18)19)23(14)21-12/h4,6,8-9,11H,3,5,7H2,1-2H3. The third-order valence-corrected chi connectivity index (χ3v) is 3.97. The molecule has 8 heteroatoms. The van der Waals surface area contributed by atoms with Crippen LogP contribution in [0.3, 0.4) is 0 Å². The summed E-state index contributed by atoms with van der Waals surface area (Å²) in [5.74, 6) is -0.380. The average Bonchev–Trinajstić information content (AvgIpc) is 3.11. The van der Waals surface area contributed by atoms with Crippen LogP contribution in [-0.4, -0.2) is 38.0 Å². The Labute approximate surface area is 136 Å². The molecule has 0 fully saturated rings. The SMILES string of the molecule is CCCC1C=CCN1C(=O)c1cc2nc(C)cc(C(F)(F)F)n2n1. The predicted octanol–water partition coefficient (Wildman–Crippen LogP) is 3.24. The zero-order valence-corrected chi connectivity index (χ0v) is 13.3. The Morgan fingerprint density at radius 1 is 1.38 bits per heavy atom. The third kappa shape index (κ3) is 2.88. The zero-order valence-electron chi connectivity index (χ0n) is 13.3. The second kappa shape index (κ2) is 5.92. The second-order valence-electron chi connectivity index (χ2n) is 5.82.